The Morgan fingerprint density at radius 3 is 1.18 bits per heavy atom. The molecule has 0 N–H and O–H groups in total. The maximum Gasteiger partial charge on any atom is 0.151 e. The molecule has 0 fully saturated rings. The third-order valence-electron chi connectivity index (χ3n) is 8.17. The highest BCUT2D eigenvalue weighted by Gasteiger charge is 2.21. The summed E-state index contributed by atoms with van der Waals surface area (Å²) in [6.07, 6.45) is 17.0. The van der Waals surface area contributed by atoms with Crippen LogP contribution >= 0.6 is 0 Å². The predicted molar refractivity (Wildman–Crippen MR) is 167 cm³/mol. The molecule has 9 aromatic heterocycles. The van der Waals surface area contributed by atoms with Gasteiger partial charge >= 0.3 is 0 Å². The molecule has 10 aromatic rings. The molecule has 0 unspecified atom stereocenters. The maximum absolute atomic E-state index is 4.95. The minimum absolute atomic E-state index is 0.669. The molecule has 0 aliphatic heterocycles. The molecular formula is C32H17N13. The van der Waals surface area contributed by atoms with Crippen molar-refractivity contribution < 1.29 is 0 Å². The fourth-order valence-corrected chi connectivity index (χ4v) is 6.29. The van der Waals surface area contributed by atoms with E-state index >= 15 is 0 Å². The Balaban J connectivity index is 1.31. The molecule has 45 heavy (non-hydrogen) atoms. The van der Waals surface area contributed by atoms with Gasteiger partial charge in [-0.25, -0.2) is 49.8 Å². The Labute approximate surface area is 251 Å². The van der Waals surface area contributed by atoms with Gasteiger partial charge in [0.15, 0.2) is 22.6 Å². The fourth-order valence-electron chi connectivity index (χ4n) is 6.29. The van der Waals surface area contributed by atoms with E-state index in [4.69, 9.17) is 9.97 Å². The Morgan fingerprint density at radius 2 is 0.778 bits per heavy atom. The first-order valence-corrected chi connectivity index (χ1v) is 14.0. The molecule has 0 radical (unpaired) electrons. The van der Waals surface area contributed by atoms with Gasteiger partial charge in [-0.2, -0.15) is 0 Å². The Kier molecular flexibility index (Phi) is 4.69. The van der Waals surface area contributed by atoms with Gasteiger partial charge in [0.05, 0.1) is 23.4 Å². The van der Waals surface area contributed by atoms with Crippen LogP contribution in [-0.2, 0) is 0 Å². The summed E-state index contributed by atoms with van der Waals surface area (Å²) in [5.41, 5.74) is 5.65. The third-order valence-corrected chi connectivity index (χ3v) is 8.17. The largest absolute Gasteiger partial charge is 0.306 e. The molecule has 9 heterocycles. The van der Waals surface area contributed by atoms with Crippen molar-refractivity contribution in [3.8, 4) is 17.3 Å². The van der Waals surface area contributed by atoms with Gasteiger partial charge in [-0.15, -0.1) is 0 Å². The molecule has 0 aliphatic rings. The molecule has 0 bridgehead atoms. The second-order valence-corrected chi connectivity index (χ2v) is 10.5. The van der Waals surface area contributed by atoms with Gasteiger partial charge in [-0.05, 0) is 24.3 Å². The number of rotatable bonds is 3. The first kappa shape index (κ1) is 23.8. The van der Waals surface area contributed by atoms with Gasteiger partial charge in [-0.1, -0.05) is 18.2 Å². The van der Waals surface area contributed by atoms with E-state index < -0.39 is 0 Å². The monoisotopic (exact) mass is 583 g/mol. The van der Waals surface area contributed by atoms with E-state index in [1.807, 2.05) is 39.7 Å². The number of para-hydroxylation sites is 1. The molecule has 0 aliphatic carbocycles. The first-order valence-electron chi connectivity index (χ1n) is 14.0. The van der Waals surface area contributed by atoms with Crippen LogP contribution in [0.3, 0.4) is 0 Å². The molecular weight excluding hydrogens is 566 g/mol. The molecule has 1 aromatic carbocycles. The maximum atomic E-state index is 4.95. The average Bonchev–Trinajstić information content (AvgIpc) is 3.74. The normalized spacial score (nSPS) is 12.0. The second-order valence-electron chi connectivity index (χ2n) is 10.5. The van der Waals surface area contributed by atoms with Crippen molar-refractivity contribution in [3.63, 3.8) is 0 Å². The van der Waals surface area contributed by atoms with Crippen LogP contribution in [0.4, 0.5) is 0 Å². The van der Waals surface area contributed by atoms with Gasteiger partial charge in [0.2, 0.25) is 0 Å². The summed E-state index contributed by atoms with van der Waals surface area (Å²) in [7, 11) is 0. The lowest BCUT2D eigenvalue weighted by atomic mass is 10.2. The summed E-state index contributed by atoms with van der Waals surface area (Å²) < 4.78 is 6.06. The van der Waals surface area contributed by atoms with Crippen molar-refractivity contribution in [2.24, 2.45) is 0 Å². The number of pyridine rings is 2. The van der Waals surface area contributed by atoms with E-state index in [9.17, 15) is 0 Å². The minimum Gasteiger partial charge on any atom is -0.306 e. The number of fused-ring (bicyclic) bond motifs is 9. The summed E-state index contributed by atoms with van der Waals surface area (Å²) >= 11 is 0. The smallest absolute Gasteiger partial charge is 0.151 e. The molecule has 13 nitrogen and oxygen atoms in total. The lowest BCUT2D eigenvalue weighted by molar-refractivity contribution is 1.02. The van der Waals surface area contributed by atoms with Crippen LogP contribution < -0.4 is 0 Å². The summed E-state index contributed by atoms with van der Waals surface area (Å²) in [6.45, 7) is 0. The zero-order valence-electron chi connectivity index (χ0n) is 23.1. The van der Waals surface area contributed by atoms with E-state index in [0.717, 1.165) is 49.0 Å². The van der Waals surface area contributed by atoms with Gasteiger partial charge in [-0.3, -0.25) is 9.13 Å². The predicted octanol–water partition coefficient (Wildman–Crippen LogP) is 4.93. The van der Waals surface area contributed by atoms with Gasteiger partial charge in [0.1, 0.15) is 36.9 Å². The third kappa shape index (κ3) is 3.25. The van der Waals surface area contributed by atoms with Crippen molar-refractivity contribution in [1.29, 1.82) is 0 Å². The molecule has 0 atom stereocenters. The molecule has 0 amide bonds. The van der Waals surface area contributed by atoms with Gasteiger partial charge < -0.3 is 4.57 Å². The number of nitrogens with zero attached hydrogens (tertiary/aromatic N) is 13. The summed E-state index contributed by atoms with van der Waals surface area (Å²) in [6, 6.07) is 14.3. The highest BCUT2D eigenvalue weighted by atomic mass is 15.2. The van der Waals surface area contributed by atoms with Crippen LogP contribution in [0.2, 0.25) is 0 Å². The lowest BCUT2D eigenvalue weighted by Gasteiger charge is -2.09. The van der Waals surface area contributed by atoms with Crippen LogP contribution in [0.15, 0.2) is 105 Å². The number of hydrogen-bond donors (Lipinski definition) is 0. The molecule has 0 saturated carbocycles. The second kappa shape index (κ2) is 8.87. The highest BCUT2D eigenvalue weighted by molar-refractivity contribution is 6.11. The highest BCUT2D eigenvalue weighted by Crippen LogP contribution is 2.36. The van der Waals surface area contributed by atoms with E-state index in [2.05, 4.69) is 68.7 Å². The standard InChI is InChI=1S/C32H17N13/c1-2-4-18(5-3-1)43-25-12-37-27(44-29-21(8-33-14-39-29)22-9-34-15-40-30(22)44)6-19(25)20-7-28(38-13-26(20)43)45-31-23(10-35-16-41-31)24-11-36-17-42-32(24)45/h1-17H. The quantitative estimate of drug-likeness (QED) is 0.281. The van der Waals surface area contributed by atoms with E-state index in [1.165, 1.54) is 25.3 Å². The summed E-state index contributed by atoms with van der Waals surface area (Å²) in [5.74, 6) is 1.34. The average molecular weight is 584 g/mol. The van der Waals surface area contributed by atoms with Crippen molar-refractivity contribution in [1.82, 2.24) is 63.5 Å². The Hall–Kier alpha value is -6.76. The first-order chi connectivity index (χ1) is 22.3. The molecule has 0 spiro atoms. The molecule has 210 valence electrons. The van der Waals surface area contributed by atoms with Crippen molar-refractivity contribution >= 4 is 65.9 Å². The molecule has 10 rings (SSSR count). The van der Waals surface area contributed by atoms with Crippen LogP contribution in [0.25, 0.3) is 83.3 Å². The Morgan fingerprint density at radius 1 is 0.378 bits per heavy atom. The number of aromatic nitrogens is 13. The minimum atomic E-state index is 0.669. The summed E-state index contributed by atoms with van der Waals surface area (Å²) in [5, 5.41) is 5.36. The van der Waals surface area contributed by atoms with Crippen LogP contribution in [0.5, 0.6) is 0 Å². The lowest BCUT2D eigenvalue weighted by Crippen LogP contribution is -2.01. The fraction of sp³-hybridized carbons (Fsp3) is 0. The van der Waals surface area contributed by atoms with Crippen molar-refractivity contribution in [3.05, 3.63) is 105 Å². The van der Waals surface area contributed by atoms with Crippen LogP contribution in [-0.4, -0.2) is 63.5 Å². The topological polar surface area (TPSA) is 144 Å². The zero-order chi connectivity index (χ0) is 29.5. The van der Waals surface area contributed by atoms with Crippen LogP contribution in [0.1, 0.15) is 0 Å². The Bertz CT molecular complexity index is 2500. The number of hydrogen-bond acceptors (Lipinski definition) is 10. The summed E-state index contributed by atoms with van der Waals surface area (Å²) in [4.78, 5) is 45.3. The van der Waals surface area contributed by atoms with Crippen molar-refractivity contribution in [2.75, 3.05) is 0 Å². The van der Waals surface area contributed by atoms with Crippen LogP contribution in [0, 0.1) is 0 Å². The molecule has 13 heteroatoms. The van der Waals surface area contributed by atoms with Gasteiger partial charge in [0.25, 0.3) is 0 Å². The zero-order valence-corrected chi connectivity index (χ0v) is 23.1. The number of benzene rings is 1. The SMILES string of the molecule is c1ccc(-n2c3cnc(-n4c5ncncc5c5cncnc54)cc3c3cc(-n4c5ncncc5c5cncnc54)ncc32)cc1. The van der Waals surface area contributed by atoms with Crippen molar-refractivity contribution in [2.45, 2.75) is 0 Å². The van der Waals surface area contributed by atoms with E-state index in [0.29, 0.717) is 34.2 Å². The van der Waals surface area contributed by atoms with E-state index in [1.54, 1.807) is 24.8 Å². The van der Waals surface area contributed by atoms with E-state index in [-0.39, 0.29) is 0 Å². The van der Waals surface area contributed by atoms with Gasteiger partial charge in [0, 0.05) is 62.8 Å². The molecule has 0 saturated heterocycles.